The first kappa shape index (κ1) is 28.7. The van der Waals surface area contributed by atoms with Gasteiger partial charge in [0.25, 0.3) is 0 Å². The maximum absolute atomic E-state index is 10.5. The van der Waals surface area contributed by atoms with E-state index in [1.165, 1.54) is 0 Å². The Morgan fingerprint density at radius 1 is 0.484 bits per heavy atom. The zero-order chi connectivity index (χ0) is 23.5. The molecule has 2 N–H and O–H groups in total. The first-order valence-electron chi connectivity index (χ1n) is 6.64. The first-order chi connectivity index (χ1) is 13.7. The van der Waals surface area contributed by atoms with Gasteiger partial charge in [0.1, 0.15) is 20.1 Å². The van der Waals surface area contributed by atoms with E-state index < -0.39 is 52.5 Å². The van der Waals surface area contributed by atoms with Gasteiger partial charge < -0.3 is 5.48 Å². The number of hydrogen-bond donors (Lipinski definition) is 0. The molecule has 19 heteroatoms. The SMILES string of the molecule is O.O=[N+]([O-])c1c(Cl)cc(Cl)c([N+](=O)[O-])c1Cl.O=[N+]([O-])c1c(Cl)cc(Cl)c([N+](=O)[O-])c1Cl. The van der Waals surface area contributed by atoms with Crippen molar-refractivity contribution >= 4 is 92.4 Å². The van der Waals surface area contributed by atoms with E-state index in [4.69, 9.17) is 69.6 Å². The molecule has 2 rings (SSSR count). The standard InChI is InChI=1S/2C6HCl3N2O4.H2O/c2*7-2-1-3(8)6(11(14)15)4(9)5(2)10(12)13;/h2*1H;1H2. The number of rotatable bonds is 4. The van der Waals surface area contributed by atoms with E-state index >= 15 is 0 Å². The first-order valence-corrected chi connectivity index (χ1v) is 8.91. The minimum Gasteiger partial charge on any atom is -0.412 e. The average Bonchev–Trinajstić information content (AvgIpc) is 2.52. The lowest BCUT2D eigenvalue weighted by Gasteiger charge is -2.01. The maximum Gasteiger partial charge on any atom is 0.313 e. The Morgan fingerprint density at radius 3 is 0.774 bits per heavy atom. The summed E-state index contributed by atoms with van der Waals surface area (Å²) in [6.07, 6.45) is 0. The fourth-order valence-electron chi connectivity index (χ4n) is 1.81. The van der Waals surface area contributed by atoms with E-state index in [2.05, 4.69) is 0 Å². The molecule has 0 saturated carbocycles. The summed E-state index contributed by atoms with van der Waals surface area (Å²) in [4.78, 5) is 38.4. The molecule has 0 aliphatic rings. The molecule has 0 atom stereocenters. The van der Waals surface area contributed by atoms with Gasteiger partial charge in [-0.2, -0.15) is 0 Å². The molecule has 0 heterocycles. The van der Waals surface area contributed by atoms with Gasteiger partial charge in [0.2, 0.25) is 0 Å². The van der Waals surface area contributed by atoms with Crippen LogP contribution in [-0.2, 0) is 0 Å². The van der Waals surface area contributed by atoms with E-state index in [-0.39, 0.29) is 25.6 Å². The topological polar surface area (TPSA) is 204 Å². The zero-order valence-electron chi connectivity index (χ0n) is 14.0. The van der Waals surface area contributed by atoms with Gasteiger partial charge in [-0.3, -0.25) is 40.5 Å². The molecule has 0 aromatic heterocycles. The molecule has 0 fully saturated rings. The quantitative estimate of drug-likeness (QED) is 0.314. The number of halogens is 6. The third-order valence-electron chi connectivity index (χ3n) is 2.97. The summed E-state index contributed by atoms with van der Waals surface area (Å²) in [7, 11) is 0. The molecule has 31 heavy (non-hydrogen) atoms. The second-order valence-corrected chi connectivity index (χ2v) is 7.12. The van der Waals surface area contributed by atoms with Gasteiger partial charge in [-0.15, -0.1) is 0 Å². The van der Waals surface area contributed by atoms with Crippen LogP contribution in [0.15, 0.2) is 12.1 Å². The third-order valence-corrected chi connectivity index (χ3v) is 4.84. The van der Waals surface area contributed by atoms with Crippen molar-refractivity contribution in [1.29, 1.82) is 0 Å². The molecule has 0 aliphatic carbocycles. The monoisotopic (exact) mass is 558 g/mol. The second kappa shape index (κ2) is 11.4. The lowest BCUT2D eigenvalue weighted by Crippen LogP contribution is -1.96. The molecule has 168 valence electrons. The van der Waals surface area contributed by atoms with Crippen molar-refractivity contribution in [3.8, 4) is 0 Å². The van der Waals surface area contributed by atoms with Gasteiger partial charge in [0.05, 0.1) is 19.7 Å². The number of benzene rings is 2. The van der Waals surface area contributed by atoms with Crippen molar-refractivity contribution in [2.45, 2.75) is 0 Å². The lowest BCUT2D eigenvalue weighted by atomic mass is 10.3. The molecule has 0 saturated heterocycles. The highest BCUT2D eigenvalue weighted by atomic mass is 35.5. The highest BCUT2D eigenvalue weighted by Gasteiger charge is 2.31. The van der Waals surface area contributed by atoms with Gasteiger partial charge in [-0.05, 0) is 12.1 Å². The molecule has 0 spiro atoms. The smallest absolute Gasteiger partial charge is 0.313 e. The molecule has 2 aromatic rings. The van der Waals surface area contributed by atoms with Crippen LogP contribution in [0.4, 0.5) is 22.7 Å². The number of nitro benzene ring substituents is 4. The molecule has 0 bridgehead atoms. The van der Waals surface area contributed by atoms with Crippen molar-refractivity contribution in [1.82, 2.24) is 0 Å². The summed E-state index contributed by atoms with van der Waals surface area (Å²) in [5.74, 6) is 0. The van der Waals surface area contributed by atoms with Crippen LogP contribution in [0.2, 0.25) is 30.1 Å². The van der Waals surface area contributed by atoms with Crippen LogP contribution in [0.5, 0.6) is 0 Å². The number of nitrogens with zero attached hydrogens (tertiary/aromatic N) is 4. The summed E-state index contributed by atoms with van der Waals surface area (Å²) >= 11 is 32.8. The predicted molar refractivity (Wildman–Crippen MR) is 113 cm³/mol. The zero-order valence-corrected chi connectivity index (χ0v) is 18.5. The predicted octanol–water partition coefficient (Wildman–Crippen LogP) is 6.10. The third kappa shape index (κ3) is 6.36. The Kier molecular flexibility index (Phi) is 10.6. The molecular weight excluding hydrogens is 557 g/mol. The van der Waals surface area contributed by atoms with Crippen LogP contribution in [-0.4, -0.2) is 25.2 Å². The fraction of sp³-hybridized carbons (Fsp3) is 0. The molecule has 0 radical (unpaired) electrons. The Bertz CT molecular complexity index is 935. The van der Waals surface area contributed by atoms with Crippen LogP contribution < -0.4 is 0 Å². The average molecular weight is 561 g/mol. The molecule has 2 aromatic carbocycles. The van der Waals surface area contributed by atoms with E-state index in [0.717, 1.165) is 12.1 Å². The Labute approximate surface area is 199 Å². The second-order valence-electron chi connectivity index (χ2n) is 4.73. The van der Waals surface area contributed by atoms with Crippen molar-refractivity contribution in [2.24, 2.45) is 0 Å². The minimum atomic E-state index is -0.909. The van der Waals surface area contributed by atoms with Crippen LogP contribution in [0.25, 0.3) is 0 Å². The van der Waals surface area contributed by atoms with Gasteiger partial charge in [-0.1, -0.05) is 69.6 Å². The molecule has 0 amide bonds. The number of hydrogen-bond acceptors (Lipinski definition) is 8. The van der Waals surface area contributed by atoms with Crippen LogP contribution in [0.1, 0.15) is 0 Å². The number of nitro groups is 4. The minimum absolute atomic E-state index is 0. The molecule has 0 aliphatic heterocycles. The van der Waals surface area contributed by atoms with Crippen molar-refractivity contribution in [3.05, 3.63) is 82.7 Å². The Morgan fingerprint density at radius 2 is 0.645 bits per heavy atom. The van der Waals surface area contributed by atoms with Gasteiger partial charge >= 0.3 is 22.7 Å². The molecular formula is C12H4Cl6N4O9. The van der Waals surface area contributed by atoms with E-state index in [1.54, 1.807) is 0 Å². The van der Waals surface area contributed by atoms with Gasteiger partial charge in [-0.25, -0.2) is 0 Å². The summed E-state index contributed by atoms with van der Waals surface area (Å²) in [5, 5.41) is 39.3. The summed E-state index contributed by atoms with van der Waals surface area (Å²) in [5.41, 5.74) is -2.91. The van der Waals surface area contributed by atoms with Crippen LogP contribution in [0.3, 0.4) is 0 Å². The highest BCUT2D eigenvalue weighted by molar-refractivity contribution is 6.44. The molecule has 13 nitrogen and oxygen atoms in total. The van der Waals surface area contributed by atoms with Crippen LogP contribution >= 0.6 is 69.6 Å². The van der Waals surface area contributed by atoms with Crippen molar-refractivity contribution in [2.75, 3.05) is 0 Å². The Balaban J connectivity index is 0.000000562. The molecule has 0 unspecified atom stereocenters. The van der Waals surface area contributed by atoms with Gasteiger partial charge in [0.15, 0.2) is 10.0 Å². The summed E-state index contributed by atoms with van der Waals surface area (Å²) in [6, 6.07) is 1.82. The van der Waals surface area contributed by atoms with E-state index in [0.29, 0.717) is 0 Å². The summed E-state index contributed by atoms with van der Waals surface area (Å²) < 4.78 is 0. The van der Waals surface area contributed by atoms with Crippen molar-refractivity contribution in [3.63, 3.8) is 0 Å². The summed E-state index contributed by atoms with van der Waals surface area (Å²) in [6.45, 7) is 0. The van der Waals surface area contributed by atoms with Crippen LogP contribution in [0, 0.1) is 40.5 Å². The van der Waals surface area contributed by atoms with E-state index in [9.17, 15) is 40.5 Å². The van der Waals surface area contributed by atoms with Crippen molar-refractivity contribution < 1.29 is 25.2 Å². The Hall–Kier alpha value is -2.26. The lowest BCUT2D eigenvalue weighted by molar-refractivity contribution is -0.394. The fourth-order valence-corrected chi connectivity index (χ4v) is 3.89. The largest absolute Gasteiger partial charge is 0.412 e. The normalized spacial score (nSPS) is 9.74. The highest BCUT2D eigenvalue weighted by Crippen LogP contribution is 2.44. The maximum atomic E-state index is 10.5. The van der Waals surface area contributed by atoms with E-state index in [1.807, 2.05) is 0 Å². The van der Waals surface area contributed by atoms with Gasteiger partial charge in [0, 0.05) is 0 Å².